The molecule has 1 aromatic carbocycles. The average Bonchev–Trinajstić information content (AvgIpc) is 2.38. The molecule has 0 aromatic heterocycles. The Morgan fingerprint density at radius 1 is 1.50 bits per heavy atom. The zero-order chi connectivity index (χ0) is 13.1. The van der Waals surface area contributed by atoms with Crippen LogP contribution in [0.25, 0.3) is 0 Å². The monoisotopic (exact) mass is 269 g/mol. The van der Waals surface area contributed by atoms with Crippen LogP contribution in [0.2, 0.25) is 0 Å². The number of rotatable bonds is 4. The third kappa shape index (κ3) is 3.05. The molecule has 18 heavy (non-hydrogen) atoms. The van der Waals surface area contributed by atoms with Gasteiger partial charge in [0, 0.05) is 23.6 Å². The molecule has 0 aliphatic carbocycles. The van der Waals surface area contributed by atoms with E-state index in [1.165, 1.54) is 11.0 Å². The van der Waals surface area contributed by atoms with Crippen molar-refractivity contribution < 1.29 is 9.50 Å². The van der Waals surface area contributed by atoms with Crippen molar-refractivity contribution in [1.29, 1.82) is 0 Å². The summed E-state index contributed by atoms with van der Waals surface area (Å²) < 4.78 is 13.4. The van der Waals surface area contributed by atoms with Crippen LogP contribution in [-0.2, 0) is 0 Å². The number of thioether (sulfide) groups is 1. The van der Waals surface area contributed by atoms with Crippen LogP contribution in [0.15, 0.2) is 23.1 Å². The summed E-state index contributed by atoms with van der Waals surface area (Å²) in [5, 5.41) is 12.7. The Balaban J connectivity index is 2.14. The molecule has 1 aromatic rings. The zero-order valence-corrected chi connectivity index (χ0v) is 11.6. The minimum atomic E-state index is -0.175. The van der Waals surface area contributed by atoms with E-state index in [1.54, 1.807) is 17.8 Å². The molecule has 2 rings (SSSR count). The summed E-state index contributed by atoms with van der Waals surface area (Å²) in [6, 6.07) is 5.44. The van der Waals surface area contributed by atoms with Gasteiger partial charge in [-0.25, -0.2) is 4.39 Å². The highest BCUT2D eigenvalue weighted by Gasteiger charge is 2.24. The number of halogens is 1. The van der Waals surface area contributed by atoms with Gasteiger partial charge in [-0.2, -0.15) is 0 Å². The Morgan fingerprint density at radius 3 is 3.00 bits per heavy atom. The van der Waals surface area contributed by atoms with Crippen molar-refractivity contribution in [3.63, 3.8) is 0 Å². The molecule has 2 nitrogen and oxygen atoms in total. The number of fused-ring (bicyclic) bond motifs is 1. The summed E-state index contributed by atoms with van der Waals surface area (Å²) >= 11 is 1.79. The predicted molar refractivity (Wildman–Crippen MR) is 73.3 cm³/mol. The van der Waals surface area contributed by atoms with E-state index in [4.69, 9.17) is 5.11 Å². The number of nitrogens with one attached hydrogen (secondary N) is 1. The van der Waals surface area contributed by atoms with Crippen molar-refractivity contribution in [2.75, 3.05) is 12.4 Å². The third-order valence-corrected chi connectivity index (χ3v) is 4.74. The summed E-state index contributed by atoms with van der Waals surface area (Å²) in [5.41, 5.74) is 1.06. The van der Waals surface area contributed by atoms with Gasteiger partial charge in [0.05, 0.1) is 0 Å². The van der Waals surface area contributed by atoms with Crippen LogP contribution in [0.5, 0.6) is 0 Å². The van der Waals surface area contributed by atoms with Gasteiger partial charge >= 0.3 is 0 Å². The highest BCUT2D eigenvalue weighted by molar-refractivity contribution is 7.99. The van der Waals surface area contributed by atoms with E-state index in [1.807, 2.05) is 13.0 Å². The topological polar surface area (TPSA) is 32.3 Å². The molecule has 1 heterocycles. The summed E-state index contributed by atoms with van der Waals surface area (Å²) in [6.45, 7) is 4.26. The molecule has 3 atom stereocenters. The molecule has 0 radical (unpaired) electrons. The lowest BCUT2D eigenvalue weighted by Crippen LogP contribution is -2.37. The van der Waals surface area contributed by atoms with E-state index in [0.29, 0.717) is 0 Å². The fourth-order valence-electron chi connectivity index (χ4n) is 2.18. The predicted octanol–water partition coefficient (Wildman–Crippen LogP) is 2.97. The quantitative estimate of drug-likeness (QED) is 0.881. The Hall–Kier alpha value is -0.580. The molecule has 100 valence electrons. The molecule has 0 fully saturated rings. The van der Waals surface area contributed by atoms with Crippen molar-refractivity contribution in [3.05, 3.63) is 29.6 Å². The Bertz CT molecular complexity index is 413. The summed E-state index contributed by atoms with van der Waals surface area (Å²) in [4.78, 5) is 1.17. The van der Waals surface area contributed by atoms with Gasteiger partial charge in [-0.1, -0.05) is 6.92 Å². The molecule has 4 heteroatoms. The highest BCUT2D eigenvalue weighted by atomic mass is 32.2. The van der Waals surface area contributed by atoms with Crippen molar-refractivity contribution in [2.24, 2.45) is 5.92 Å². The summed E-state index contributed by atoms with van der Waals surface area (Å²) in [5.74, 6) is 1.08. The summed E-state index contributed by atoms with van der Waals surface area (Å²) in [6.07, 6.45) is 1.00. The van der Waals surface area contributed by atoms with Crippen LogP contribution in [0.4, 0.5) is 4.39 Å². The maximum absolute atomic E-state index is 13.4. The number of aliphatic hydroxyl groups excluding tert-OH is 1. The highest BCUT2D eigenvalue weighted by Crippen LogP contribution is 2.36. The van der Waals surface area contributed by atoms with Gasteiger partial charge in [0.1, 0.15) is 5.82 Å². The summed E-state index contributed by atoms with van der Waals surface area (Å²) in [7, 11) is 0. The van der Waals surface area contributed by atoms with Crippen LogP contribution in [0, 0.1) is 11.7 Å². The van der Waals surface area contributed by atoms with Gasteiger partial charge in [0.2, 0.25) is 0 Å². The molecular weight excluding hydrogens is 249 g/mol. The van der Waals surface area contributed by atoms with Crippen LogP contribution in [0.3, 0.4) is 0 Å². The lowest BCUT2D eigenvalue weighted by atomic mass is 9.99. The van der Waals surface area contributed by atoms with E-state index in [2.05, 4.69) is 12.2 Å². The average molecular weight is 269 g/mol. The van der Waals surface area contributed by atoms with Gasteiger partial charge in [-0.3, -0.25) is 0 Å². The second kappa shape index (κ2) is 6.04. The van der Waals surface area contributed by atoms with Gasteiger partial charge in [-0.15, -0.1) is 11.8 Å². The minimum absolute atomic E-state index is 0.172. The molecule has 0 spiro atoms. The zero-order valence-electron chi connectivity index (χ0n) is 10.8. The van der Waals surface area contributed by atoms with E-state index in [0.717, 1.165) is 17.7 Å². The normalized spacial score (nSPS) is 22.3. The molecular formula is C14H20FNOS. The number of aliphatic hydroxyl groups is 1. The minimum Gasteiger partial charge on any atom is -0.396 e. The van der Waals surface area contributed by atoms with Crippen LogP contribution in [0.1, 0.15) is 31.9 Å². The van der Waals surface area contributed by atoms with Crippen molar-refractivity contribution in [2.45, 2.75) is 37.2 Å². The molecule has 0 bridgehead atoms. The molecule has 1 aliphatic rings. The van der Waals surface area contributed by atoms with E-state index in [9.17, 15) is 4.39 Å². The molecule has 2 N–H and O–H groups in total. The maximum Gasteiger partial charge on any atom is 0.123 e. The SMILES string of the molecule is CC(CO)C(C)NC1CCSc2ccc(F)cc21. The van der Waals surface area contributed by atoms with Gasteiger partial charge in [0.25, 0.3) is 0 Å². The van der Waals surface area contributed by atoms with Crippen molar-refractivity contribution >= 4 is 11.8 Å². The van der Waals surface area contributed by atoms with E-state index >= 15 is 0 Å². The molecule has 3 unspecified atom stereocenters. The van der Waals surface area contributed by atoms with E-state index in [-0.39, 0.29) is 30.4 Å². The largest absolute Gasteiger partial charge is 0.396 e. The molecule has 0 amide bonds. The van der Waals surface area contributed by atoms with Crippen LogP contribution >= 0.6 is 11.8 Å². The molecule has 1 aliphatic heterocycles. The third-order valence-electron chi connectivity index (χ3n) is 3.62. The van der Waals surface area contributed by atoms with Gasteiger partial charge in [-0.05, 0) is 48.8 Å². The number of benzene rings is 1. The lowest BCUT2D eigenvalue weighted by Gasteiger charge is -2.30. The number of hydrogen-bond acceptors (Lipinski definition) is 3. The lowest BCUT2D eigenvalue weighted by molar-refractivity contribution is 0.200. The smallest absolute Gasteiger partial charge is 0.123 e. The first-order chi connectivity index (χ1) is 8.61. The Morgan fingerprint density at radius 2 is 2.28 bits per heavy atom. The van der Waals surface area contributed by atoms with Crippen LogP contribution < -0.4 is 5.32 Å². The van der Waals surface area contributed by atoms with Crippen molar-refractivity contribution in [3.8, 4) is 0 Å². The van der Waals surface area contributed by atoms with Gasteiger partial charge in [0.15, 0.2) is 0 Å². The first kappa shape index (κ1) is 13.8. The molecule has 0 saturated heterocycles. The Labute approximate surface area is 112 Å². The first-order valence-electron chi connectivity index (χ1n) is 6.41. The second-order valence-corrected chi connectivity index (χ2v) is 6.12. The fourth-order valence-corrected chi connectivity index (χ4v) is 3.28. The van der Waals surface area contributed by atoms with Crippen LogP contribution in [-0.4, -0.2) is 23.5 Å². The fraction of sp³-hybridized carbons (Fsp3) is 0.571. The number of hydrogen-bond donors (Lipinski definition) is 2. The Kier molecular flexibility index (Phi) is 4.65. The second-order valence-electron chi connectivity index (χ2n) is 4.99. The van der Waals surface area contributed by atoms with Gasteiger partial charge < -0.3 is 10.4 Å². The molecule has 0 saturated carbocycles. The van der Waals surface area contributed by atoms with E-state index < -0.39 is 0 Å². The standard InChI is InChI=1S/C14H20FNOS/c1-9(8-17)10(2)16-13-5-6-18-14-4-3-11(15)7-12(13)14/h3-4,7,9-10,13,16-17H,5-6,8H2,1-2H3. The van der Waals surface area contributed by atoms with Crippen molar-refractivity contribution in [1.82, 2.24) is 5.32 Å². The first-order valence-corrected chi connectivity index (χ1v) is 7.39. The maximum atomic E-state index is 13.4.